The molecule has 2 amide bonds. The number of carbonyl (C=O) groups is 4. The Morgan fingerprint density at radius 2 is 1.60 bits per heavy atom. The molecule has 0 bridgehead atoms. The average Bonchev–Trinajstić information content (AvgIpc) is 2.97. The summed E-state index contributed by atoms with van der Waals surface area (Å²) in [7, 11) is -3.93. The smallest absolute Gasteiger partial charge is 0.336 e. The average molecular weight is 431 g/mol. The number of aromatic carboxylic acids is 1. The Kier molecular flexibility index (Phi) is 5.23. The molecular formula is C19H17N3O7S. The van der Waals surface area contributed by atoms with Gasteiger partial charge in [0.05, 0.1) is 16.8 Å². The lowest BCUT2D eigenvalue weighted by atomic mass is 10.0. The van der Waals surface area contributed by atoms with Crippen LogP contribution in [0.15, 0.2) is 47.4 Å². The zero-order valence-corrected chi connectivity index (χ0v) is 16.1. The van der Waals surface area contributed by atoms with Gasteiger partial charge in [0, 0.05) is 4.90 Å². The summed E-state index contributed by atoms with van der Waals surface area (Å²) in [5.74, 6) is -3.26. The van der Waals surface area contributed by atoms with Crippen LogP contribution in [0.1, 0.15) is 21.5 Å². The highest BCUT2D eigenvalue weighted by atomic mass is 32.3. The number of aliphatic carboxylic acids is 1. The van der Waals surface area contributed by atoms with Crippen molar-refractivity contribution in [2.75, 3.05) is 0 Å². The third-order valence-corrected chi connectivity index (χ3v) is 8.13. The second kappa shape index (κ2) is 7.52. The van der Waals surface area contributed by atoms with Crippen LogP contribution in [-0.4, -0.2) is 43.6 Å². The molecule has 0 aromatic heterocycles. The van der Waals surface area contributed by atoms with Gasteiger partial charge in [-0.15, -0.1) is 0 Å². The number of carbonyl (C=O) groups excluding carboxylic acids is 2. The summed E-state index contributed by atoms with van der Waals surface area (Å²) in [6.45, 7) is 0.0141. The van der Waals surface area contributed by atoms with Gasteiger partial charge >= 0.3 is 11.9 Å². The van der Waals surface area contributed by atoms with Gasteiger partial charge in [0.2, 0.25) is 0 Å². The fraction of sp³-hybridized carbons (Fsp3) is 0.105. The highest BCUT2D eigenvalue weighted by molar-refractivity contribution is 8.57. The predicted octanol–water partition coefficient (Wildman–Crippen LogP) is 2.12. The number of benzene rings is 2. The van der Waals surface area contributed by atoms with Gasteiger partial charge in [-0.2, -0.15) is 0 Å². The van der Waals surface area contributed by atoms with E-state index in [9.17, 15) is 29.4 Å². The van der Waals surface area contributed by atoms with Gasteiger partial charge in [-0.25, -0.2) is 4.79 Å². The molecule has 1 aliphatic rings. The monoisotopic (exact) mass is 431 g/mol. The van der Waals surface area contributed by atoms with Crippen molar-refractivity contribution in [1.82, 2.24) is 0 Å². The van der Waals surface area contributed by atoms with Gasteiger partial charge in [0.1, 0.15) is 17.6 Å². The first-order chi connectivity index (χ1) is 14.1. The molecule has 10 nitrogen and oxygen atoms in total. The van der Waals surface area contributed by atoms with E-state index in [0.717, 1.165) is 11.6 Å². The van der Waals surface area contributed by atoms with Crippen molar-refractivity contribution in [2.24, 2.45) is 11.5 Å². The molecule has 7 N–H and O–H groups in total. The first kappa shape index (κ1) is 20.9. The van der Waals surface area contributed by atoms with Crippen LogP contribution < -0.4 is 16.2 Å². The summed E-state index contributed by atoms with van der Waals surface area (Å²) >= 11 is 0. The number of hydrogen-bond acceptors (Lipinski definition) is 6. The fourth-order valence-corrected chi connectivity index (χ4v) is 6.52. The highest BCUT2D eigenvalue weighted by Gasteiger charge is 2.60. The van der Waals surface area contributed by atoms with Crippen molar-refractivity contribution < 1.29 is 34.1 Å². The van der Waals surface area contributed by atoms with Crippen LogP contribution in [0.5, 0.6) is 5.75 Å². The lowest BCUT2D eigenvalue weighted by molar-refractivity contribution is -0.135. The Bertz CT molecular complexity index is 1090. The van der Waals surface area contributed by atoms with E-state index < -0.39 is 53.9 Å². The van der Waals surface area contributed by atoms with E-state index in [1.54, 1.807) is 30.3 Å². The molecule has 2 aromatic rings. The van der Waals surface area contributed by atoms with E-state index >= 15 is 0 Å². The van der Waals surface area contributed by atoms with Gasteiger partial charge in [0.25, 0.3) is 10.5 Å². The van der Waals surface area contributed by atoms with Gasteiger partial charge in [0.15, 0.2) is 0 Å². The van der Waals surface area contributed by atoms with E-state index in [4.69, 9.17) is 21.6 Å². The Hall–Kier alpha value is -3.86. The number of primary amides is 2. The number of fused-ring (bicyclic) bond motifs is 1. The van der Waals surface area contributed by atoms with E-state index in [-0.39, 0.29) is 17.9 Å². The van der Waals surface area contributed by atoms with Crippen LogP contribution in [-0.2, 0) is 11.4 Å². The molecular weight excluding hydrogens is 414 g/mol. The maximum atomic E-state index is 12.4. The summed E-state index contributed by atoms with van der Waals surface area (Å²) in [4.78, 5) is 48.1. The summed E-state index contributed by atoms with van der Waals surface area (Å²) in [5, 5.41) is 22.9. The van der Waals surface area contributed by atoms with Crippen LogP contribution in [0.2, 0.25) is 0 Å². The molecule has 1 heterocycles. The molecule has 156 valence electrons. The quantitative estimate of drug-likeness (QED) is 0.478. The lowest BCUT2D eigenvalue weighted by Crippen LogP contribution is -2.42. The molecule has 0 aliphatic carbocycles. The first-order valence-electron chi connectivity index (χ1n) is 8.43. The predicted molar refractivity (Wildman–Crippen MR) is 107 cm³/mol. The third kappa shape index (κ3) is 2.95. The summed E-state index contributed by atoms with van der Waals surface area (Å²) < 4.78 is 5.70. The SMILES string of the molecule is N=C1c2c(OCc3ccccc3)ccc(C(=O)O)c2S(C(N)=O)(C(N)=O)C1C(=O)O. The number of nitrogens with one attached hydrogen (secondary N) is 1. The number of carboxylic acids is 2. The molecule has 0 saturated heterocycles. The minimum Gasteiger partial charge on any atom is -0.488 e. The van der Waals surface area contributed by atoms with Crippen molar-refractivity contribution in [3.8, 4) is 5.75 Å². The topological polar surface area (TPSA) is 194 Å². The summed E-state index contributed by atoms with van der Waals surface area (Å²) in [5.41, 5.74) is 10.2. The van der Waals surface area contributed by atoms with Crippen molar-refractivity contribution in [3.63, 3.8) is 0 Å². The summed E-state index contributed by atoms with van der Waals surface area (Å²) in [6, 6.07) is 11.2. The van der Waals surface area contributed by atoms with Gasteiger partial charge < -0.3 is 31.8 Å². The van der Waals surface area contributed by atoms with Crippen LogP contribution >= 0.6 is 10.0 Å². The number of rotatable bonds is 5. The number of hydrogen-bond donors (Lipinski definition) is 5. The second-order valence-corrected chi connectivity index (χ2v) is 9.33. The number of ether oxygens (including phenoxy) is 1. The molecule has 1 unspecified atom stereocenters. The molecule has 11 heteroatoms. The maximum Gasteiger partial charge on any atom is 0.336 e. The summed E-state index contributed by atoms with van der Waals surface area (Å²) in [6.07, 6.45) is 0. The molecule has 0 radical (unpaired) electrons. The molecule has 0 spiro atoms. The highest BCUT2D eigenvalue weighted by Crippen LogP contribution is 2.68. The molecule has 0 saturated carbocycles. The largest absolute Gasteiger partial charge is 0.488 e. The van der Waals surface area contributed by atoms with Gasteiger partial charge in [-0.1, -0.05) is 30.3 Å². The van der Waals surface area contributed by atoms with Gasteiger partial charge in [-0.05, 0) is 27.7 Å². The maximum absolute atomic E-state index is 12.4. The van der Waals surface area contributed by atoms with Crippen LogP contribution in [0, 0.1) is 5.41 Å². The molecule has 0 fully saturated rings. The standard InChI is InChI=1S/C19H17N3O7S/c20-13-12-11(29-8-9-4-2-1-3-5-9)7-6-10(16(23)24)14(12)30(18(21)27,19(22)28)15(13)17(25)26/h1-7,15,20H,8H2,(H2,21,27)(H2,22,28)(H,23,24)(H,25,26). The molecule has 3 rings (SSSR count). The fourth-order valence-electron chi connectivity index (χ4n) is 3.41. The Morgan fingerprint density at radius 1 is 1.00 bits per heavy atom. The Morgan fingerprint density at radius 3 is 2.10 bits per heavy atom. The van der Waals surface area contributed by atoms with Crippen molar-refractivity contribution in [2.45, 2.75) is 16.8 Å². The first-order valence-corrected chi connectivity index (χ1v) is 10.1. The minimum atomic E-state index is -3.93. The van der Waals surface area contributed by atoms with Crippen LogP contribution in [0.3, 0.4) is 0 Å². The van der Waals surface area contributed by atoms with Crippen molar-refractivity contribution in [3.05, 3.63) is 59.2 Å². The van der Waals surface area contributed by atoms with Crippen molar-refractivity contribution >= 4 is 38.2 Å². The molecule has 1 atom stereocenters. The number of carboxylic acid groups (broad SMARTS) is 2. The molecule has 2 aromatic carbocycles. The number of nitrogens with two attached hydrogens (primary N) is 2. The molecule has 1 aliphatic heterocycles. The molecule has 30 heavy (non-hydrogen) atoms. The van der Waals surface area contributed by atoms with E-state index in [2.05, 4.69) is 0 Å². The zero-order chi connectivity index (χ0) is 22.2. The zero-order valence-electron chi connectivity index (χ0n) is 15.3. The normalized spacial score (nSPS) is 17.6. The van der Waals surface area contributed by atoms with E-state index in [1.807, 2.05) is 0 Å². The van der Waals surface area contributed by atoms with Crippen LogP contribution in [0.25, 0.3) is 0 Å². The van der Waals surface area contributed by atoms with Crippen LogP contribution in [0.4, 0.5) is 9.59 Å². The Labute approximate surface area is 171 Å². The minimum absolute atomic E-state index is 0.0141. The van der Waals surface area contributed by atoms with Crippen molar-refractivity contribution in [1.29, 1.82) is 5.41 Å². The third-order valence-electron chi connectivity index (χ3n) is 4.65. The Balaban J connectivity index is 2.29. The van der Waals surface area contributed by atoms with E-state index in [0.29, 0.717) is 0 Å². The van der Waals surface area contributed by atoms with Gasteiger partial charge in [-0.3, -0.25) is 14.4 Å². The van der Waals surface area contributed by atoms with E-state index in [1.165, 1.54) is 6.07 Å². The lowest BCUT2D eigenvalue weighted by Gasteiger charge is -2.33. The second-order valence-electron chi connectivity index (χ2n) is 6.32. The number of amides is 2.